The summed E-state index contributed by atoms with van der Waals surface area (Å²) in [6.45, 7) is 1.84. The molecule has 4 rings (SSSR count). The summed E-state index contributed by atoms with van der Waals surface area (Å²) in [6, 6.07) is 9.90. The van der Waals surface area contributed by atoms with Crippen LogP contribution in [0.15, 0.2) is 56.3 Å². The van der Waals surface area contributed by atoms with Crippen molar-refractivity contribution in [3.63, 3.8) is 0 Å². The van der Waals surface area contributed by atoms with E-state index in [4.69, 9.17) is 5.26 Å². The zero-order chi connectivity index (χ0) is 21.3. The molecule has 2 N–H and O–H groups in total. The lowest BCUT2D eigenvalue weighted by Gasteiger charge is -2.00. The van der Waals surface area contributed by atoms with E-state index >= 15 is 0 Å². The standard InChI is InChI=1S/C19H14N8O2S/c1-10-7-12-14(8-11(10)9-20)26-30-19(12)25-22-13-3-4-15(28)17(18(13)29)24-23-16-5-6-21-27(16)2/h3-8,23,25H,1-2H3/b22-13+,24-17+. The molecule has 10 nitrogen and oxygen atoms in total. The molecule has 2 heterocycles. The van der Waals surface area contributed by atoms with Crippen LogP contribution < -0.4 is 32.4 Å². The molecule has 0 saturated carbocycles. The number of rotatable bonds is 4. The van der Waals surface area contributed by atoms with E-state index in [1.165, 1.54) is 16.8 Å². The number of nitrogens with one attached hydrogen (secondary N) is 2. The Morgan fingerprint density at radius 3 is 2.73 bits per heavy atom. The van der Waals surface area contributed by atoms with Crippen molar-refractivity contribution >= 4 is 33.3 Å². The first-order valence-electron chi connectivity index (χ1n) is 8.70. The van der Waals surface area contributed by atoms with Gasteiger partial charge < -0.3 is 0 Å². The van der Waals surface area contributed by atoms with Crippen LogP contribution in [0.3, 0.4) is 0 Å². The van der Waals surface area contributed by atoms with Crippen LogP contribution in [0.1, 0.15) is 11.1 Å². The minimum atomic E-state index is -0.610. The van der Waals surface area contributed by atoms with Crippen LogP contribution in [-0.2, 0) is 7.05 Å². The predicted octanol–water partition coefficient (Wildman–Crippen LogP) is 0.661. The maximum Gasteiger partial charge on any atom is 0.237 e. The van der Waals surface area contributed by atoms with Gasteiger partial charge in [0.2, 0.25) is 10.9 Å². The molecule has 0 aliphatic heterocycles. The number of nitrogens with zero attached hydrogens (tertiary/aromatic N) is 6. The third-order valence-corrected chi connectivity index (χ3v) is 5.18. The molecule has 11 heteroatoms. The van der Waals surface area contributed by atoms with Gasteiger partial charge in [-0.25, -0.2) is 0 Å². The second-order valence-corrected chi connectivity index (χ2v) is 7.13. The van der Waals surface area contributed by atoms with Crippen molar-refractivity contribution in [2.24, 2.45) is 17.3 Å². The van der Waals surface area contributed by atoms with Gasteiger partial charge in [-0.2, -0.15) is 24.9 Å². The van der Waals surface area contributed by atoms with Gasteiger partial charge >= 0.3 is 0 Å². The lowest BCUT2D eigenvalue weighted by atomic mass is 10.1. The van der Waals surface area contributed by atoms with E-state index in [2.05, 4.69) is 36.6 Å². The Labute approximate surface area is 172 Å². The number of aryl methyl sites for hydroxylation is 2. The van der Waals surface area contributed by atoms with Gasteiger partial charge in [-0.3, -0.25) is 25.1 Å². The van der Waals surface area contributed by atoms with Crippen LogP contribution in [0, 0.1) is 18.3 Å². The first-order valence-corrected chi connectivity index (χ1v) is 9.48. The number of aromatic nitrogens is 3. The highest BCUT2D eigenvalue weighted by Crippen LogP contribution is 2.29. The lowest BCUT2D eigenvalue weighted by Crippen LogP contribution is -2.48. The predicted molar refractivity (Wildman–Crippen MR) is 112 cm³/mol. The molecular formula is C19H14N8O2S. The summed E-state index contributed by atoms with van der Waals surface area (Å²) in [4.78, 5) is 24.7. The zero-order valence-electron chi connectivity index (χ0n) is 15.9. The third kappa shape index (κ3) is 3.47. The molecule has 0 atom stereocenters. The van der Waals surface area contributed by atoms with Gasteiger partial charge in [-0.05, 0) is 48.3 Å². The minimum absolute atomic E-state index is 0.0343. The Hall–Kier alpha value is -4.17. The van der Waals surface area contributed by atoms with Crippen molar-refractivity contribution in [3.8, 4) is 6.07 Å². The highest BCUT2D eigenvalue weighted by atomic mass is 32.1. The number of nitriles is 1. The second-order valence-electron chi connectivity index (χ2n) is 6.36. The average Bonchev–Trinajstić information content (AvgIpc) is 3.32. The Morgan fingerprint density at radius 2 is 2.00 bits per heavy atom. The van der Waals surface area contributed by atoms with E-state index in [1.54, 1.807) is 25.4 Å². The fourth-order valence-corrected chi connectivity index (χ4v) is 3.43. The van der Waals surface area contributed by atoms with Gasteiger partial charge in [0, 0.05) is 18.5 Å². The summed E-state index contributed by atoms with van der Waals surface area (Å²) in [5, 5.41) is 22.4. The van der Waals surface area contributed by atoms with Gasteiger partial charge in [-0.1, -0.05) is 0 Å². The van der Waals surface area contributed by atoms with Gasteiger partial charge in [0.1, 0.15) is 16.2 Å². The maximum atomic E-state index is 12.7. The molecule has 0 aliphatic rings. The zero-order valence-corrected chi connectivity index (χ0v) is 16.7. The minimum Gasteiger partial charge on any atom is -0.287 e. The fourth-order valence-electron chi connectivity index (χ4n) is 2.74. The highest BCUT2D eigenvalue weighted by molar-refractivity contribution is 7.11. The summed E-state index contributed by atoms with van der Waals surface area (Å²) in [7, 11) is 1.70. The fraction of sp³-hybridized carbons (Fsp3) is 0.105. The molecule has 0 aliphatic carbocycles. The molecule has 0 bridgehead atoms. The van der Waals surface area contributed by atoms with Gasteiger partial charge in [0.05, 0.1) is 23.3 Å². The quantitative estimate of drug-likeness (QED) is 0.464. The summed E-state index contributed by atoms with van der Waals surface area (Å²) in [5.41, 5.74) is 6.39. The summed E-state index contributed by atoms with van der Waals surface area (Å²) < 4.78 is 5.82. The van der Waals surface area contributed by atoms with Gasteiger partial charge in [0.25, 0.3) is 0 Å². The molecule has 0 saturated heterocycles. The van der Waals surface area contributed by atoms with Gasteiger partial charge in [0.15, 0.2) is 5.36 Å². The van der Waals surface area contributed by atoms with Crippen molar-refractivity contribution in [2.45, 2.75) is 6.92 Å². The number of anilines is 2. The van der Waals surface area contributed by atoms with E-state index in [0.29, 0.717) is 21.9 Å². The van der Waals surface area contributed by atoms with Crippen LogP contribution in [-0.4, -0.2) is 14.2 Å². The molecule has 0 fully saturated rings. The molecule has 4 aromatic rings. The van der Waals surface area contributed by atoms with Crippen LogP contribution >= 0.6 is 11.5 Å². The van der Waals surface area contributed by atoms with Crippen molar-refractivity contribution in [1.29, 1.82) is 5.26 Å². The number of benzene rings is 2. The van der Waals surface area contributed by atoms with E-state index in [1.807, 2.05) is 13.0 Å². The van der Waals surface area contributed by atoms with Crippen LogP contribution in [0.2, 0.25) is 0 Å². The van der Waals surface area contributed by atoms with E-state index in [9.17, 15) is 9.59 Å². The Kier molecular flexibility index (Phi) is 4.91. The van der Waals surface area contributed by atoms with Crippen molar-refractivity contribution in [1.82, 2.24) is 14.2 Å². The Balaban J connectivity index is 1.72. The van der Waals surface area contributed by atoms with Crippen LogP contribution in [0.25, 0.3) is 10.9 Å². The Bertz CT molecular complexity index is 1530. The molecule has 0 amide bonds. The molecule has 148 valence electrons. The number of hydrogen-bond donors (Lipinski definition) is 2. The first-order chi connectivity index (χ1) is 14.5. The lowest BCUT2D eigenvalue weighted by molar-refractivity contribution is 0.770. The van der Waals surface area contributed by atoms with Gasteiger partial charge in [-0.15, -0.1) is 0 Å². The number of fused-ring (bicyclic) bond motifs is 1. The summed E-state index contributed by atoms with van der Waals surface area (Å²) >= 11 is 1.16. The average molecular weight is 418 g/mol. The molecule has 0 unspecified atom stereocenters. The van der Waals surface area contributed by atoms with E-state index < -0.39 is 10.9 Å². The molecule has 0 spiro atoms. The Morgan fingerprint density at radius 1 is 1.17 bits per heavy atom. The molecule has 2 aromatic heterocycles. The normalized spacial score (nSPS) is 12.3. The highest BCUT2D eigenvalue weighted by Gasteiger charge is 2.09. The van der Waals surface area contributed by atoms with E-state index in [-0.39, 0.29) is 10.7 Å². The molecule has 30 heavy (non-hydrogen) atoms. The van der Waals surface area contributed by atoms with Crippen molar-refractivity contribution < 1.29 is 0 Å². The topological polar surface area (TPSA) is 137 Å². The second kappa shape index (κ2) is 7.69. The van der Waals surface area contributed by atoms with Crippen molar-refractivity contribution in [2.75, 3.05) is 10.9 Å². The van der Waals surface area contributed by atoms with Crippen LogP contribution in [0.4, 0.5) is 10.8 Å². The van der Waals surface area contributed by atoms with Crippen molar-refractivity contribution in [3.05, 3.63) is 78.8 Å². The number of hydrogen-bond acceptors (Lipinski definition) is 10. The largest absolute Gasteiger partial charge is 0.287 e. The molecule has 0 radical (unpaired) electrons. The maximum absolute atomic E-state index is 12.7. The molecule has 2 aromatic carbocycles. The third-order valence-electron chi connectivity index (χ3n) is 4.40. The first kappa shape index (κ1) is 19.2. The smallest absolute Gasteiger partial charge is 0.237 e. The van der Waals surface area contributed by atoms with E-state index in [0.717, 1.165) is 22.5 Å². The SMILES string of the molecule is Cc1cc2c(N/N=c3\ccc(=O)/c(=N\Nc4ccnn4C)c3=O)snc2cc1C#N. The summed E-state index contributed by atoms with van der Waals surface area (Å²) in [5.74, 6) is 0.525. The monoisotopic (exact) mass is 418 g/mol. The molecular weight excluding hydrogens is 404 g/mol. The summed E-state index contributed by atoms with van der Waals surface area (Å²) in [6.07, 6.45) is 1.56. The van der Waals surface area contributed by atoms with Crippen LogP contribution in [0.5, 0.6) is 0 Å².